The van der Waals surface area contributed by atoms with Gasteiger partial charge in [-0.3, -0.25) is 4.79 Å². The van der Waals surface area contributed by atoms with Gasteiger partial charge in [-0.1, -0.05) is 17.7 Å². The molecule has 1 atom stereocenters. The fraction of sp³-hybridized carbons (Fsp3) is 0.533. The maximum atomic E-state index is 12.5. The normalized spacial score (nSPS) is 19.9. The smallest absolute Gasteiger partial charge is 0.310 e. The molecule has 0 bridgehead atoms. The first-order valence-electron chi connectivity index (χ1n) is 7.08. The van der Waals surface area contributed by atoms with Crippen LogP contribution in [0.25, 0.3) is 0 Å². The lowest BCUT2D eigenvalue weighted by Crippen LogP contribution is -2.31. The summed E-state index contributed by atoms with van der Waals surface area (Å²) in [5.74, 6) is -0.681. The van der Waals surface area contributed by atoms with E-state index in [2.05, 4.69) is 0 Å². The Hall–Kier alpha value is -1.40. The summed E-state index contributed by atoms with van der Waals surface area (Å²) >= 11 is 0. The van der Waals surface area contributed by atoms with Crippen LogP contribution >= 0.6 is 0 Å². The first-order chi connectivity index (χ1) is 9.80. The Morgan fingerprint density at radius 2 is 1.90 bits per heavy atom. The summed E-state index contributed by atoms with van der Waals surface area (Å²) in [6.07, 6.45) is 0.330. The predicted molar refractivity (Wildman–Crippen MR) is 79.3 cm³/mol. The van der Waals surface area contributed by atoms with E-state index in [0.717, 1.165) is 5.56 Å². The van der Waals surface area contributed by atoms with E-state index in [0.29, 0.717) is 13.0 Å². The maximum Gasteiger partial charge on any atom is 0.310 e. The van der Waals surface area contributed by atoms with Crippen molar-refractivity contribution in [1.82, 2.24) is 4.31 Å². The lowest BCUT2D eigenvalue weighted by atomic mass is 10.1. The van der Waals surface area contributed by atoms with Crippen LogP contribution in [0.4, 0.5) is 0 Å². The molecule has 21 heavy (non-hydrogen) atoms. The summed E-state index contributed by atoms with van der Waals surface area (Å²) < 4.78 is 31.5. The van der Waals surface area contributed by atoms with Gasteiger partial charge < -0.3 is 4.74 Å². The first kappa shape index (κ1) is 16.0. The van der Waals surface area contributed by atoms with Gasteiger partial charge in [-0.05, 0) is 39.3 Å². The van der Waals surface area contributed by atoms with Crippen LogP contribution in [0.5, 0.6) is 0 Å². The molecule has 1 unspecified atom stereocenters. The second-order valence-electron chi connectivity index (χ2n) is 5.65. The summed E-state index contributed by atoms with van der Waals surface area (Å²) in [4.78, 5) is 12.1. The molecule has 1 aliphatic heterocycles. The quantitative estimate of drug-likeness (QED) is 0.797. The summed E-state index contributed by atoms with van der Waals surface area (Å²) in [6, 6.07) is 6.75. The molecule has 0 amide bonds. The molecule has 1 fully saturated rings. The van der Waals surface area contributed by atoms with Gasteiger partial charge >= 0.3 is 5.97 Å². The van der Waals surface area contributed by atoms with E-state index >= 15 is 0 Å². The number of esters is 1. The van der Waals surface area contributed by atoms with Gasteiger partial charge in [0.15, 0.2) is 0 Å². The highest BCUT2D eigenvalue weighted by Gasteiger charge is 2.36. The molecule has 1 heterocycles. The molecule has 116 valence electrons. The summed E-state index contributed by atoms with van der Waals surface area (Å²) in [6.45, 7) is 6.03. The molecule has 1 aromatic carbocycles. The van der Waals surface area contributed by atoms with Crippen molar-refractivity contribution in [2.45, 2.75) is 38.2 Å². The third kappa shape index (κ3) is 3.63. The number of aryl methyl sites for hydroxylation is 1. The third-order valence-corrected chi connectivity index (χ3v) is 5.37. The summed E-state index contributed by atoms with van der Waals surface area (Å²) in [5.41, 5.74) is 1.01. The standard InChI is InChI=1S/C15H21NO4S/c1-11(2)20-15(17)13-8-9-16(10-13)21(18,19)14-6-4-12(3)5-7-14/h4-7,11,13H,8-10H2,1-3H3. The van der Waals surface area contributed by atoms with E-state index in [9.17, 15) is 13.2 Å². The fourth-order valence-corrected chi connectivity index (χ4v) is 3.83. The summed E-state index contributed by atoms with van der Waals surface area (Å²) in [7, 11) is -3.52. The second kappa shape index (κ2) is 6.15. The molecule has 0 aromatic heterocycles. The molecule has 1 saturated heterocycles. The number of rotatable bonds is 4. The van der Waals surface area contributed by atoms with E-state index in [4.69, 9.17) is 4.74 Å². The minimum absolute atomic E-state index is 0.180. The van der Waals surface area contributed by atoms with Crippen LogP contribution < -0.4 is 0 Å². The van der Waals surface area contributed by atoms with Crippen LogP contribution in [-0.4, -0.2) is 37.9 Å². The highest BCUT2D eigenvalue weighted by Crippen LogP contribution is 2.25. The van der Waals surface area contributed by atoms with Crippen molar-refractivity contribution in [3.05, 3.63) is 29.8 Å². The zero-order valence-corrected chi connectivity index (χ0v) is 13.4. The van der Waals surface area contributed by atoms with Crippen molar-refractivity contribution in [1.29, 1.82) is 0 Å². The van der Waals surface area contributed by atoms with Crippen LogP contribution in [0.3, 0.4) is 0 Å². The highest BCUT2D eigenvalue weighted by molar-refractivity contribution is 7.89. The van der Waals surface area contributed by atoms with Gasteiger partial charge in [0.25, 0.3) is 0 Å². The molecular formula is C15H21NO4S. The summed E-state index contributed by atoms with van der Waals surface area (Å²) in [5, 5.41) is 0. The van der Waals surface area contributed by atoms with Crippen LogP contribution in [0.15, 0.2) is 29.2 Å². The average molecular weight is 311 g/mol. The van der Waals surface area contributed by atoms with Crippen molar-refractivity contribution in [2.24, 2.45) is 5.92 Å². The predicted octanol–water partition coefficient (Wildman–Crippen LogP) is 1.96. The molecule has 1 aliphatic rings. The molecule has 5 nitrogen and oxygen atoms in total. The Kier molecular flexibility index (Phi) is 4.68. The van der Waals surface area contributed by atoms with Gasteiger partial charge in [0.1, 0.15) is 0 Å². The van der Waals surface area contributed by atoms with Crippen molar-refractivity contribution in [2.75, 3.05) is 13.1 Å². The molecular weight excluding hydrogens is 290 g/mol. The van der Waals surface area contributed by atoms with E-state index in [1.165, 1.54) is 4.31 Å². The van der Waals surface area contributed by atoms with Gasteiger partial charge in [0.2, 0.25) is 10.0 Å². The minimum atomic E-state index is -3.52. The van der Waals surface area contributed by atoms with Crippen molar-refractivity contribution in [3.63, 3.8) is 0 Å². The Morgan fingerprint density at radius 3 is 2.48 bits per heavy atom. The van der Waals surface area contributed by atoms with Gasteiger partial charge in [-0.2, -0.15) is 4.31 Å². The monoisotopic (exact) mass is 311 g/mol. The average Bonchev–Trinajstić information content (AvgIpc) is 2.88. The molecule has 0 N–H and O–H groups in total. The van der Waals surface area contributed by atoms with E-state index < -0.39 is 10.0 Å². The lowest BCUT2D eigenvalue weighted by Gasteiger charge is -2.17. The fourth-order valence-electron chi connectivity index (χ4n) is 2.33. The topological polar surface area (TPSA) is 63.7 Å². The molecule has 0 saturated carbocycles. The SMILES string of the molecule is Cc1ccc(S(=O)(=O)N2CCC(C(=O)OC(C)C)C2)cc1. The third-order valence-electron chi connectivity index (χ3n) is 3.49. The number of ether oxygens (including phenoxy) is 1. The van der Waals surface area contributed by atoms with Gasteiger partial charge in [0, 0.05) is 13.1 Å². The largest absolute Gasteiger partial charge is 0.463 e. The number of sulfonamides is 1. The van der Waals surface area contributed by atoms with Crippen LogP contribution in [0.1, 0.15) is 25.8 Å². The molecule has 0 spiro atoms. The van der Waals surface area contributed by atoms with Crippen molar-refractivity contribution < 1.29 is 17.9 Å². The van der Waals surface area contributed by atoms with Gasteiger partial charge in [0.05, 0.1) is 16.9 Å². The number of carbonyl (C=O) groups excluding carboxylic acids is 1. The van der Waals surface area contributed by atoms with Gasteiger partial charge in [-0.15, -0.1) is 0 Å². The Labute approximate surface area is 126 Å². The minimum Gasteiger partial charge on any atom is -0.463 e. The second-order valence-corrected chi connectivity index (χ2v) is 7.59. The number of hydrogen-bond donors (Lipinski definition) is 0. The van der Waals surface area contributed by atoms with Crippen LogP contribution in [0, 0.1) is 12.8 Å². The number of nitrogens with zero attached hydrogens (tertiary/aromatic N) is 1. The van der Waals surface area contributed by atoms with E-state index in [-0.39, 0.29) is 29.4 Å². The maximum absolute atomic E-state index is 12.5. The number of benzene rings is 1. The Balaban J connectivity index is 2.10. The lowest BCUT2D eigenvalue weighted by molar-refractivity contribution is -0.151. The van der Waals surface area contributed by atoms with E-state index in [1.54, 1.807) is 38.1 Å². The number of hydrogen-bond acceptors (Lipinski definition) is 4. The Bertz CT molecular complexity index is 607. The molecule has 0 aliphatic carbocycles. The van der Waals surface area contributed by atoms with Gasteiger partial charge in [-0.25, -0.2) is 8.42 Å². The molecule has 6 heteroatoms. The zero-order chi connectivity index (χ0) is 15.6. The zero-order valence-electron chi connectivity index (χ0n) is 12.6. The van der Waals surface area contributed by atoms with Crippen LogP contribution in [0.2, 0.25) is 0 Å². The highest BCUT2D eigenvalue weighted by atomic mass is 32.2. The van der Waals surface area contributed by atoms with Crippen LogP contribution in [-0.2, 0) is 19.6 Å². The van der Waals surface area contributed by atoms with Crippen molar-refractivity contribution in [3.8, 4) is 0 Å². The first-order valence-corrected chi connectivity index (χ1v) is 8.52. The molecule has 1 aromatic rings. The molecule has 0 radical (unpaired) electrons. The van der Waals surface area contributed by atoms with E-state index in [1.807, 2.05) is 6.92 Å². The Morgan fingerprint density at radius 1 is 1.29 bits per heavy atom. The van der Waals surface area contributed by atoms with Crippen molar-refractivity contribution >= 4 is 16.0 Å². The molecule has 2 rings (SSSR count). The number of carbonyl (C=O) groups is 1.